The Hall–Kier alpha value is -0.820. The number of aryl methyl sites for hydroxylation is 1. The van der Waals surface area contributed by atoms with Crippen LogP contribution in [0.2, 0.25) is 0 Å². The first kappa shape index (κ1) is 22.5. The van der Waals surface area contributed by atoms with Gasteiger partial charge in [0.1, 0.15) is 0 Å². The molecular weight excluding hydrogens is 449 g/mol. The Balaban J connectivity index is 0.00000261. The number of halogens is 1. The summed E-state index contributed by atoms with van der Waals surface area (Å²) in [5, 5.41) is 3.71. The first-order chi connectivity index (χ1) is 12.6. The van der Waals surface area contributed by atoms with Crippen LogP contribution in [0.25, 0.3) is 0 Å². The largest absolute Gasteiger partial charge is 0.381 e. The average Bonchev–Trinajstić information content (AvgIpc) is 3.16. The highest BCUT2D eigenvalue weighted by Crippen LogP contribution is 2.40. The lowest BCUT2D eigenvalue weighted by Gasteiger charge is -2.40. The van der Waals surface area contributed by atoms with Crippen molar-refractivity contribution in [3.8, 4) is 0 Å². The van der Waals surface area contributed by atoms with Gasteiger partial charge >= 0.3 is 0 Å². The molecule has 3 rings (SSSR count). The highest BCUT2D eigenvalue weighted by atomic mass is 127. The minimum Gasteiger partial charge on any atom is -0.381 e. The van der Waals surface area contributed by atoms with Gasteiger partial charge < -0.3 is 15.0 Å². The van der Waals surface area contributed by atoms with Crippen molar-refractivity contribution in [3.63, 3.8) is 0 Å². The van der Waals surface area contributed by atoms with Crippen LogP contribution in [0.5, 0.6) is 0 Å². The van der Waals surface area contributed by atoms with E-state index < -0.39 is 0 Å². The van der Waals surface area contributed by atoms with Crippen LogP contribution in [0.15, 0.2) is 29.3 Å². The summed E-state index contributed by atoms with van der Waals surface area (Å²) in [4.78, 5) is 6.82. The molecule has 0 amide bonds. The van der Waals surface area contributed by atoms with E-state index in [1.54, 1.807) is 0 Å². The summed E-state index contributed by atoms with van der Waals surface area (Å²) in [6.07, 6.45) is 7.70. The van der Waals surface area contributed by atoms with Gasteiger partial charge in [-0.3, -0.25) is 4.99 Å². The molecular formula is C22H36IN3O. The third kappa shape index (κ3) is 5.59. The Bertz CT molecular complexity index is 607. The topological polar surface area (TPSA) is 36.9 Å². The predicted octanol–water partition coefficient (Wildman–Crippen LogP) is 4.36. The SMILES string of the molecule is CN=C(NCC1(c2ccccc2C)CCCCC1)N(C)CC1CCOC1.I. The van der Waals surface area contributed by atoms with Crippen LogP contribution in [-0.4, -0.2) is 51.3 Å². The van der Waals surface area contributed by atoms with Gasteiger partial charge in [-0.15, -0.1) is 24.0 Å². The summed E-state index contributed by atoms with van der Waals surface area (Å²) in [7, 11) is 4.04. The third-order valence-corrected chi connectivity index (χ3v) is 6.24. The van der Waals surface area contributed by atoms with Gasteiger partial charge in [0.15, 0.2) is 5.96 Å². The van der Waals surface area contributed by atoms with Gasteiger partial charge in [-0.25, -0.2) is 0 Å². The molecule has 1 saturated heterocycles. The molecule has 152 valence electrons. The molecule has 1 aliphatic carbocycles. The number of ether oxygens (including phenoxy) is 1. The molecule has 2 fully saturated rings. The van der Waals surface area contributed by atoms with Gasteiger partial charge in [0.25, 0.3) is 0 Å². The minimum absolute atomic E-state index is 0. The normalized spacial score (nSPS) is 22.2. The Morgan fingerprint density at radius 1 is 1.26 bits per heavy atom. The molecule has 2 aliphatic rings. The average molecular weight is 485 g/mol. The van der Waals surface area contributed by atoms with Crippen molar-refractivity contribution in [2.24, 2.45) is 10.9 Å². The van der Waals surface area contributed by atoms with Crippen molar-refractivity contribution in [1.82, 2.24) is 10.2 Å². The summed E-state index contributed by atoms with van der Waals surface area (Å²) >= 11 is 0. The molecule has 1 aromatic carbocycles. The molecule has 0 aromatic heterocycles. The van der Waals surface area contributed by atoms with Gasteiger partial charge in [0, 0.05) is 45.1 Å². The highest BCUT2D eigenvalue weighted by molar-refractivity contribution is 14.0. The number of nitrogens with zero attached hydrogens (tertiary/aromatic N) is 2. The number of aliphatic imine (C=N–C) groups is 1. The molecule has 27 heavy (non-hydrogen) atoms. The summed E-state index contributed by atoms with van der Waals surface area (Å²) in [5.41, 5.74) is 3.17. The summed E-state index contributed by atoms with van der Waals surface area (Å²) in [5.74, 6) is 1.63. The number of rotatable bonds is 5. The van der Waals surface area contributed by atoms with Crippen LogP contribution in [0.4, 0.5) is 0 Å². The van der Waals surface area contributed by atoms with E-state index in [9.17, 15) is 0 Å². The van der Waals surface area contributed by atoms with Crippen molar-refractivity contribution in [2.75, 3.05) is 40.4 Å². The molecule has 4 nitrogen and oxygen atoms in total. The zero-order valence-electron chi connectivity index (χ0n) is 17.2. The standard InChI is InChI=1S/C22H35N3O.HI/c1-18-9-5-6-10-20(18)22(12-7-4-8-13-22)17-24-21(23-2)25(3)15-19-11-14-26-16-19;/h5-6,9-10,19H,4,7-8,11-17H2,1-3H3,(H,23,24);1H. The Morgan fingerprint density at radius 3 is 2.63 bits per heavy atom. The Labute approximate surface area is 182 Å². The van der Waals surface area contributed by atoms with Crippen molar-refractivity contribution < 1.29 is 4.74 Å². The van der Waals surface area contributed by atoms with Crippen LogP contribution in [0.1, 0.15) is 49.7 Å². The van der Waals surface area contributed by atoms with Gasteiger partial charge in [-0.2, -0.15) is 0 Å². The fraction of sp³-hybridized carbons (Fsp3) is 0.682. The molecule has 0 spiro atoms. The van der Waals surface area contributed by atoms with Crippen LogP contribution in [0, 0.1) is 12.8 Å². The maximum absolute atomic E-state index is 5.53. The Morgan fingerprint density at radius 2 is 2.00 bits per heavy atom. The zero-order valence-corrected chi connectivity index (χ0v) is 19.5. The van der Waals surface area contributed by atoms with E-state index in [2.05, 4.69) is 53.4 Å². The highest BCUT2D eigenvalue weighted by Gasteiger charge is 2.35. The van der Waals surface area contributed by atoms with Gasteiger partial charge in [-0.05, 0) is 37.3 Å². The first-order valence-electron chi connectivity index (χ1n) is 10.2. The molecule has 1 heterocycles. The van der Waals surface area contributed by atoms with Crippen molar-refractivity contribution in [3.05, 3.63) is 35.4 Å². The van der Waals surface area contributed by atoms with Crippen LogP contribution < -0.4 is 5.32 Å². The van der Waals surface area contributed by atoms with E-state index in [-0.39, 0.29) is 29.4 Å². The lowest BCUT2D eigenvalue weighted by atomic mass is 9.68. The number of hydrogen-bond donors (Lipinski definition) is 1. The van der Waals surface area contributed by atoms with Crippen molar-refractivity contribution in [1.29, 1.82) is 0 Å². The van der Waals surface area contributed by atoms with E-state index in [4.69, 9.17) is 4.74 Å². The fourth-order valence-corrected chi connectivity index (χ4v) is 4.77. The van der Waals surface area contributed by atoms with Crippen LogP contribution >= 0.6 is 24.0 Å². The smallest absolute Gasteiger partial charge is 0.193 e. The first-order valence-corrected chi connectivity index (χ1v) is 10.2. The number of benzene rings is 1. The third-order valence-electron chi connectivity index (χ3n) is 6.24. The van der Waals surface area contributed by atoms with E-state index in [0.717, 1.165) is 38.7 Å². The summed E-state index contributed by atoms with van der Waals surface area (Å²) in [6.45, 7) is 6.02. The second-order valence-electron chi connectivity index (χ2n) is 8.17. The Kier molecular flexibility index (Phi) is 8.86. The van der Waals surface area contributed by atoms with Gasteiger partial charge in [0.05, 0.1) is 6.61 Å². The minimum atomic E-state index is 0. The fourth-order valence-electron chi connectivity index (χ4n) is 4.77. The van der Waals surface area contributed by atoms with Crippen LogP contribution in [-0.2, 0) is 10.2 Å². The van der Waals surface area contributed by atoms with E-state index in [0.29, 0.717) is 5.92 Å². The second kappa shape index (κ2) is 10.6. The monoisotopic (exact) mass is 485 g/mol. The lowest BCUT2D eigenvalue weighted by Crippen LogP contribution is -2.48. The van der Waals surface area contributed by atoms with E-state index >= 15 is 0 Å². The number of guanidine groups is 1. The molecule has 1 unspecified atom stereocenters. The molecule has 1 aliphatic heterocycles. The summed E-state index contributed by atoms with van der Waals surface area (Å²) < 4.78 is 5.53. The lowest BCUT2D eigenvalue weighted by molar-refractivity contribution is 0.181. The second-order valence-corrected chi connectivity index (χ2v) is 8.17. The molecule has 5 heteroatoms. The number of nitrogens with one attached hydrogen (secondary N) is 1. The molecule has 0 bridgehead atoms. The van der Waals surface area contributed by atoms with Crippen LogP contribution in [0.3, 0.4) is 0 Å². The molecule has 1 saturated carbocycles. The molecule has 1 aromatic rings. The maximum Gasteiger partial charge on any atom is 0.193 e. The summed E-state index contributed by atoms with van der Waals surface area (Å²) in [6, 6.07) is 8.94. The predicted molar refractivity (Wildman–Crippen MR) is 124 cm³/mol. The van der Waals surface area contributed by atoms with Gasteiger partial charge in [-0.1, -0.05) is 43.5 Å². The number of hydrogen-bond acceptors (Lipinski definition) is 2. The quantitative estimate of drug-likeness (QED) is 0.383. The van der Waals surface area contributed by atoms with E-state index in [1.807, 2.05) is 7.05 Å². The van der Waals surface area contributed by atoms with Gasteiger partial charge in [0.2, 0.25) is 0 Å². The van der Waals surface area contributed by atoms with Crippen molar-refractivity contribution in [2.45, 2.75) is 50.9 Å². The van der Waals surface area contributed by atoms with Crippen molar-refractivity contribution >= 4 is 29.9 Å². The van der Waals surface area contributed by atoms with E-state index in [1.165, 1.54) is 43.2 Å². The zero-order chi connectivity index (χ0) is 18.4. The molecule has 1 atom stereocenters. The molecule has 0 radical (unpaired) electrons. The molecule has 1 N–H and O–H groups in total. The maximum atomic E-state index is 5.53.